The summed E-state index contributed by atoms with van der Waals surface area (Å²) in [7, 11) is 0. The van der Waals surface area contributed by atoms with Crippen LogP contribution in [0.1, 0.15) is 37.0 Å². The van der Waals surface area contributed by atoms with Crippen LogP contribution >= 0.6 is 11.6 Å². The van der Waals surface area contributed by atoms with E-state index in [0.29, 0.717) is 42.4 Å². The fourth-order valence-corrected chi connectivity index (χ4v) is 4.82. The van der Waals surface area contributed by atoms with Gasteiger partial charge in [0, 0.05) is 23.7 Å². The number of hydrogen-bond donors (Lipinski definition) is 3. The number of amides is 1. The van der Waals surface area contributed by atoms with Crippen LogP contribution in [0.2, 0.25) is 0 Å². The maximum atomic E-state index is 13.1. The van der Waals surface area contributed by atoms with Crippen LogP contribution in [-0.2, 0) is 22.6 Å². The van der Waals surface area contributed by atoms with Crippen molar-refractivity contribution < 1.29 is 9.53 Å². The number of ether oxygens (including phenoxy) is 1. The lowest BCUT2D eigenvalue weighted by Gasteiger charge is -2.24. The summed E-state index contributed by atoms with van der Waals surface area (Å²) in [5, 5.41) is 7.95. The molecule has 3 N–H and O–H groups in total. The Kier molecular flexibility index (Phi) is 10.2. The van der Waals surface area contributed by atoms with Gasteiger partial charge in [0.15, 0.2) is 0 Å². The number of nitrogens with one attached hydrogen (secondary N) is 3. The molecular weight excluding hydrogens is 520 g/mol. The molecule has 0 bridgehead atoms. The van der Waals surface area contributed by atoms with E-state index in [1.165, 1.54) is 6.20 Å². The molecule has 7 heteroatoms. The lowest BCUT2D eigenvalue weighted by molar-refractivity contribution is -0.117. The summed E-state index contributed by atoms with van der Waals surface area (Å²) in [6.07, 6.45) is 4.64. The highest BCUT2D eigenvalue weighted by atomic mass is 35.5. The molecule has 3 aromatic carbocycles. The highest BCUT2D eigenvalue weighted by molar-refractivity contribution is 6.30. The minimum absolute atomic E-state index is 0.0331. The average molecular weight is 555 g/mol. The number of rotatable bonds is 12. The third-order valence-corrected chi connectivity index (χ3v) is 6.94. The van der Waals surface area contributed by atoms with Crippen LogP contribution in [0, 0.1) is 5.92 Å². The first-order valence-corrected chi connectivity index (χ1v) is 13.7. The number of hydrogen-bond acceptors (Lipinski definition) is 5. The molecule has 6 nitrogen and oxygen atoms in total. The van der Waals surface area contributed by atoms with E-state index >= 15 is 0 Å². The molecule has 3 aromatic rings. The summed E-state index contributed by atoms with van der Waals surface area (Å²) in [6.45, 7) is 8.47. The first kappa shape index (κ1) is 28.7. The molecule has 0 saturated carbocycles. The van der Waals surface area contributed by atoms with Crippen LogP contribution in [0.5, 0.6) is 0 Å². The third-order valence-electron chi connectivity index (χ3n) is 6.68. The lowest BCUT2D eigenvalue weighted by Crippen LogP contribution is -2.29. The number of nitrogens with zero attached hydrogens (tertiary/aromatic N) is 1. The van der Waals surface area contributed by atoms with Gasteiger partial charge in [-0.25, -0.2) is 5.53 Å². The maximum absolute atomic E-state index is 13.1. The molecule has 0 radical (unpaired) electrons. The van der Waals surface area contributed by atoms with Crippen molar-refractivity contribution in [1.29, 1.82) is 0 Å². The van der Waals surface area contributed by atoms with Gasteiger partial charge >= 0.3 is 0 Å². The molecule has 0 heterocycles. The molecule has 1 amide bonds. The summed E-state index contributed by atoms with van der Waals surface area (Å²) in [4.78, 5) is 13.1. The largest absolute Gasteiger partial charge is 0.492 e. The molecule has 1 atom stereocenters. The number of allylic oxidation sites excluding steroid dienone is 2. The van der Waals surface area contributed by atoms with Gasteiger partial charge in [-0.2, -0.15) is 5.10 Å². The van der Waals surface area contributed by atoms with E-state index in [2.05, 4.69) is 64.4 Å². The number of carbonyl (C=O) groups is 1. The Bertz CT molecular complexity index is 1390. The van der Waals surface area contributed by atoms with Crippen LogP contribution in [0.3, 0.4) is 0 Å². The topological polar surface area (TPSA) is 74.8 Å². The van der Waals surface area contributed by atoms with Crippen LogP contribution < -0.4 is 16.3 Å². The molecule has 206 valence electrons. The zero-order valence-electron chi connectivity index (χ0n) is 22.9. The van der Waals surface area contributed by atoms with Crippen molar-refractivity contribution in [2.75, 3.05) is 6.54 Å². The minimum atomic E-state index is -0.168. The van der Waals surface area contributed by atoms with E-state index in [1.807, 2.05) is 56.3 Å². The second kappa shape index (κ2) is 14.2. The zero-order valence-corrected chi connectivity index (χ0v) is 23.7. The summed E-state index contributed by atoms with van der Waals surface area (Å²) in [5.74, 6) is 0.553. The summed E-state index contributed by atoms with van der Waals surface area (Å²) in [5.41, 5.74) is 12.3. The monoisotopic (exact) mass is 554 g/mol. The standard InChI is InChI=1S/C33H35ClN4O2/c1-4-36-38-37-24(3)27-14-16-29(17-15-27)28-12-10-25(11-13-28)18-19-35-33(39)31-21-30(34)20-23(2)32(31)40-22-26-8-6-5-7-9-26/h4-17,21,23,36,38H,1,18-20,22H2,2-3H3,(H,35,39)/b37-24+. The van der Waals surface area contributed by atoms with Crippen molar-refractivity contribution in [2.24, 2.45) is 11.0 Å². The smallest absolute Gasteiger partial charge is 0.254 e. The quantitative estimate of drug-likeness (QED) is 0.134. The molecule has 0 saturated heterocycles. The average Bonchev–Trinajstić information content (AvgIpc) is 2.97. The molecule has 40 heavy (non-hydrogen) atoms. The van der Waals surface area contributed by atoms with Gasteiger partial charge in [-0.3, -0.25) is 10.2 Å². The fourth-order valence-electron chi connectivity index (χ4n) is 4.48. The predicted octanol–water partition coefficient (Wildman–Crippen LogP) is 6.61. The van der Waals surface area contributed by atoms with Crippen LogP contribution in [0.4, 0.5) is 0 Å². The molecule has 0 spiro atoms. The Morgan fingerprint density at radius 3 is 2.38 bits per heavy atom. The first-order chi connectivity index (χ1) is 19.4. The maximum Gasteiger partial charge on any atom is 0.254 e. The van der Waals surface area contributed by atoms with Gasteiger partial charge in [0.1, 0.15) is 12.4 Å². The fraction of sp³-hybridized carbons (Fsp3) is 0.212. The van der Waals surface area contributed by atoms with Crippen molar-refractivity contribution in [3.05, 3.63) is 131 Å². The second-order valence-corrected chi connectivity index (χ2v) is 10.2. The summed E-state index contributed by atoms with van der Waals surface area (Å²) < 4.78 is 6.13. The second-order valence-electron chi connectivity index (χ2n) is 9.69. The molecular formula is C33H35ClN4O2. The summed E-state index contributed by atoms with van der Waals surface area (Å²) >= 11 is 6.35. The Balaban J connectivity index is 1.34. The number of halogens is 1. The van der Waals surface area contributed by atoms with E-state index in [-0.39, 0.29) is 11.8 Å². The molecule has 0 fully saturated rings. The van der Waals surface area contributed by atoms with Crippen molar-refractivity contribution in [2.45, 2.75) is 33.3 Å². The van der Waals surface area contributed by atoms with Gasteiger partial charge in [0.2, 0.25) is 0 Å². The Morgan fingerprint density at radius 2 is 1.70 bits per heavy atom. The molecule has 1 unspecified atom stereocenters. The number of benzene rings is 3. The Hall–Kier alpha value is -4.29. The number of carbonyl (C=O) groups excluding carboxylic acids is 1. The van der Waals surface area contributed by atoms with Crippen LogP contribution in [0.15, 0.2) is 119 Å². The number of hydrazone groups is 1. The van der Waals surface area contributed by atoms with Crippen molar-refractivity contribution >= 4 is 23.2 Å². The molecule has 0 aromatic heterocycles. The highest BCUT2D eigenvalue weighted by Crippen LogP contribution is 2.32. The predicted molar refractivity (Wildman–Crippen MR) is 163 cm³/mol. The van der Waals surface area contributed by atoms with Crippen molar-refractivity contribution in [3.8, 4) is 11.1 Å². The first-order valence-electron chi connectivity index (χ1n) is 13.3. The lowest BCUT2D eigenvalue weighted by atomic mass is 9.94. The third kappa shape index (κ3) is 7.87. The minimum Gasteiger partial charge on any atom is -0.492 e. The van der Waals surface area contributed by atoms with Gasteiger partial charge in [0.25, 0.3) is 5.91 Å². The van der Waals surface area contributed by atoms with Crippen molar-refractivity contribution in [1.82, 2.24) is 16.3 Å². The van der Waals surface area contributed by atoms with Gasteiger partial charge < -0.3 is 10.1 Å². The normalized spacial score (nSPS) is 15.2. The Labute approximate surface area is 241 Å². The van der Waals surface area contributed by atoms with Crippen molar-refractivity contribution in [3.63, 3.8) is 0 Å². The molecule has 1 aliphatic rings. The van der Waals surface area contributed by atoms with Crippen LogP contribution in [-0.4, -0.2) is 18.2 Å². The van der Waals surface area contributed by atoms with E-state index in [0.717, 1.165) is 33.5 Å². The molecule has 4 rings (SSSR count). The highest BCUT2D eigenvalue weighted by Gasteiger charge is 2.25. The van der Waals surface area contributed by atoms with E-state index in [4.69, 9.17) is 16.3 Å². The zero-order chi connectivity index (χ0) is 28.3. The van der Waals surface area contributed by atoms with Gasteiger partial charge in [-0.15, -0.1) is 0 Å². The van der Waals surface area contributed by atoms with E-state index < -0.39 is 0 Å². The van der Waals surface area contributed by atoms with E-state index in [1.54, 1.807) is 6.08 Å². The van der Waals surface area contributed by atoms with Gasteiger partial charge in [-0.1, -0.05) is 104 Å². The molecule has 0 aliphatic heterocycles. The summed E-state index contributed by atoms with van der Waals surface area (Å²) in [6, 6.07) is 26.6. The number of hydrazine groups is 1. The Morgan fingerprint density at radius 1 is 1.02 bits per heavy atom. The van der Waals surface area contributed by atoms with Gasteiger partial charge in [-0.05, 0) is 53.7 Å². The van der Waals surface area contributed by atoms with E-state index in [9.17, 15) is 4.79 Å². The molecule has 1 aliphatic carbocycles. The SMILES string of the molecule is C=CNN/N=C(\C)c1ccc(-c2ccc(CCNC(=O)C3=C(OCc4ccccc4)C(C)CC(Cl)=C3)cc2)cc1. The van der Waals surface area contributed by atoms with Gasteiger partial charge in [0.05, 0.1) is 11.3 Å². The van der Waals surface area contributed by atoms with Crippen LogP contribution in [0.25, 0.3) is 11.1 Å².